The van der Waals surface area contributed by atoms with Gasteiger partial charge in [-0.05, 0) is 42.6 Å². The molecule has 1 aromatic heterocycles. The average Bonchev–Trinajstić information content (AvgIpc) is 3.29. The van der Waals surface area contributed by atoms with Crippen LogP contribution in [-0.4, -0.2) is 41.3 Å². The van der Waals surface area contributed by atoms with Crippen molar-refractivity contribution >= 4 is 16.9 Å². The van der Waals surface area contributed by atoms with Crippen LogP contribution in [0.1, 0.15) is 34.0 Å². The van der Waals surface area contributed by atoms with Gasteiger partial charge >= 0.3 is 5.97 Å². The lowest BCUT2D eigenvalue weighted by atomic mass is 9.99. The minimum atomic E-state index is -0.320. The van der Waals surface area contributed by atoms with Gasteiger partial charge in [-0.1, -0.05) is 30.3 Å². The number of carbonyl (C=O) groups excluding carboxylic acids is 1. The summed E-state index contributed by atoms with van der Waals surface area (Å²) in [5, 5.41) is 8.49. The van der Waals surface area contributed by atoms with Crippen molar-refractivity contribution in [2.75, 3.05) is 20.2 Å². The molecule has 4 rings (SSSR count). The van der Waals surface area contributed by atoms with E-state index in [4.69, 9.17) is 4.74 Å². The molecule has 5 heteroatoms. The van der Waals surface area contributed by atoms with Crippen molar-refractivity contribution in [3.63, 3.8) is 0 Å². The SMILES string of the molecule is COC(=O)c1ccc2n[nH]c(CN3CCC(c4ccccc4)C3)c2c1. The number of aromatic nitrogens is 2. The topological polar surface area (TPSA) is 58.2 Å². The molecule has 0 amide bonds. The first-order valence-electron chi connectivity index (χ1n) is 8.57. The molecule has 0 saturated carbocycles. The maximum Gasteiger partial charge on any atom is 0.337 e. The van der Waals surface area contributed by atoms with E-state index in [1.165, 1.54) is 19.1 Å². The summed E-state index contributed by atoms with van der Waals surface area (Å²) >= 11 is 0. The van der Waals surface area contributed by atoms with Crippen LogP contribution in [0.2, 0.25) is 0 Å². The minimum Gasteiger partial charge on any atom is -0.465 e. The number of H-pyrrole nitrogens is 1. The van der Waals surface area contributed by atoms with Crippen molar-refractivity contribution in [2.45, 2.75) is 18.9 Å². The van der Waals surface area contributed by atoms with Gasteiger partial charge in [0.25, 0.3) is 0 Å². The molecule has 25 heavy (non-hydrogen) atoms. The van der Waals surface area contributed by atoms with Gasteiger partial charge in [-0.25, -0.2) is 4.79 Å². The Kier molecular flexibility index (Phi) is 4.24. The molecular weight excluding hydrogens is 314 g/mol. The predicted octanol–water partition coefficient (Wildman–Crippen LogP) is 3.34. The second kappa shape index (κ2) is 6.69. The van der Waals surface area contributed by atoms with E-state index in [1.807, 2.05) is 12.1 Å². The summed E-state index contributed by atoms with van der Waals surface area (Å²) in [5.74, 6) is 0.264. The van der Waals surface area contributed by atoms with Gasteiger partial charge < -0.3 is 4.74 Å². The van der Waals surface area contributed by atoms with Crippen molar-refractivity contribution in [3.8, 4) is 0 Å². The third-order valence-corrected chi connectivity index (χ3v) is 4.98. The zero-order valence-electron chi connectivity index (χ0n) is 14.2. The van der Waals surface area contributed by atoms with Gasteiger partial charge in [-0.2, -0.15) is 5.10 Å². The molecule has 3 aromatic rings. The summed E-state index contributed by atoms with van der Waals surface area (Å²) in [5.41, 5.74) is 3.89. The van der Waals surface area contributed by atoms with E-state index in [0.717, 1.165) is 36.2 Å². The van der Waals surface area contributed by atoms with E-state index < -0.39 is 0 Å². The summed E-state index contributed by atoms with van der Waals surface area (Å²) in [6.07, 6.45) is 1.17. The van der Waals surface area contributed by atoms with E-state index >= 15 is 0 Å². The lowest BCUT2D eigenvalue weighted by molar-refractivity contribution is 0.0601. The number of ether oxygens (including phenoxy) is 1. The first kappa shape index (κ1) is 15.8. The van der Waals surface area contributed by atoms with Crippen LogP contribution in [0.5, 0.6) is 0 Å². The number of nitrogens with zero attached hydrogens (tertiary/aromatic N) is 2. The monoisotopic (exact) mass is 335 g/mol. The molecule has 5 nitrogen and oxygen atoms in total. The Hall–Kier alpha value is -2.66. The summed E-state index contributed by atoms with van der Waals surface area (Å²) < 4.78 is 4.82. The van der Waals surface area contributed by atoms with Crippen LogP contribution >= 0.6 is 0 Å². The Morgan fingerprint density at radius 1 is 1.28 bits per heavy atom. The zero-order chi connectivity index (χ0) is 17.2. The van der Waals surface area contributed by atoms with Crippen molar-refractivity contribution in [3.05, 3.63) is 65.4 Å². The number of hydrogen-bond donors (Lipinski definition) is 1. The fourth-order valence-corrected chi connectivity index (χ4v) is 3.63. The summed E-state index contributed by atoms with van der Waals surface area (Å²) in [6.45, 7) is 2.92. The number of carbonyl (C=O) groups is 1. The number of aromatic amines is 1. The fourth-order valence-electron chi connectivity index (χ4n) is 3.63. The normalized spacial score (nSPS) is 17.9. The van der Waals surface area contributed by atoms with Gasteiger partial charge in [0.05, 0.1) is 23.9 Å². The van der Waals surface area contributed by atoms with Crippen LogP contribution in [0, 0.1) is 0 Å². The maximum atomic E-state index is 11.8. The molecule has 1 N–H and O–H groups in total. The molecule has 1 atom stereocenters. The molecule has 1 aliphatic heterocycles. The second-order valence-corrected chi connectivity index (χ2v) is 6.56. The number of hydrogen-bond acceptors (Lipinski definition) is 4. The highest BCUT2D eigenvalue weighted by Gasteiger charge is 2.24. The van der Waals surface area contributed by atoms with Crippen molar-refractivity contribution < 1.29 is 9.53 Å². The zero-order valence-corrected chi connectivity index (χ0v) is 14.2. The highest BCUT2D eigenvalue weighted by molar-refractivity contribution is 5.95. The van der Waals surface area contributed by atoms with Crippen molar-refractivity contribution in [1.82, 2.24) is 15.1 Å². The number of fused-ring (bicyclic) bond motifs is 1. The van der Waals surface area contributed by atoms with Crippen LogP contribution in [-0.2, 0) is 11.3 Å². The average molecular weight is 335 g/mol. The van der Waals surface area contributed by atoms with Gasteiger partial charge in [0.1, 0.15) is 0 Å². The highest BCUT2D eigenvalue weighted by atomic mass is 16.5. The Morgan fingerprint density at radius 3 is 2.92 bits per heavy atom. The van der Waals surface area contributed by atoms with E-state index in [0.29, 0.717) is 11.5 Å². The van der Waals surface area contributed by atoms with E-state index in [1.54, 1.807) is 6.07 Å². The van der Waals surface area contributed by atoms with Crippen LogP contribution in [0.25, 0.3) is 10.9 Å². The number of benzene rings is 2. The van der Waals surface area contributed by atoms with Crippen LogP contribution in [0.15, 0.2) is 48.5 Å². The molecule has 0 aliphatic carbocycles. The lowest BCUT2D eigenvalue weighted by Crippen LogP contribution is -2.20. The fraction of sp³-hybridized carbons (Fsp3) is 0.300. The summed E-state index contributed by atoms with van der Waals surface area (Å²) in [7, 11) is 1.40. The molecule has 1 fully saturated rings. The molecule has 1 unspecified atom stereocenters. The standard InChI is InChI=1S/C20H21N3O2/c1-25-20(24)15-7-8-18-17(11-15)19(22-21-18)13-23-10-9-16(12-23)14-5-3-2-4-6-14/h2-8,11,16H,9-10,12-13H2,1H3,(H,21,22). The van der Waals surface area contributed by atoms with Crippen molar-refractivity contribution in [1.29, 1.82) is 0 Å². The quantitative estimate of drug-likeness (QED) is 0.743. The second-order valence-electron chi connectivity index (χ2n) is 6.56. The first-order chi connectivity index (χ1) is 12.2. The van der Waals surface area contributed by atoms with Gasteiger partial charge in [-0.15, -0.1) is 0 Å². The third-order valence-electron chi connectivity index (χ3n) is 4.98. The van der Waals surface area contributed by atoms with E-state index in [2.05, 4.69) is 45.4 Å². The molecule has 2 aromatic carbocycles. The summed E-state index contributed by atoms with van der Waals surface area (Å²) in [4.78, 5) is 14.2. The van der Waals surface area contributed by atoms with Crippen LogP contribution in [0.3, 0.4) is 0 Å². The molecule has 1 saturated heterocycles. The Bertz CT molecular complexity index is 888. The van der Waals surface area contributed by atoms with E-state index in [-0.39, 0.29) is 5.97 Å². The van der Waals surface area contributed by atoms with Crippen molar-refractivity contribution in [2.24, 2.45) is 0 Å². The number of rotatable bonds is 4. The number of esters is 1. The first-order valence-corrected chi connectivity index (χ1v) is 8.57. The molecule has 1 aliphatic rings. The van der Waals surface area contributed by atoms with E-state index in [9.17, 15) is 4.79 Å². The molecule has 2 heterocycles. The van der Waals surface area contributed by atoms with Gasteiger partial charge in [0.15, 0.2) is 0 Å². The maximum absolute atomic E-state index is 11.8. The Labute approximate surface area is 146 Å². The molecule has 0 spiro atoms. The molecular formula is C20H21N3O2. The number of likely N-dealkylation sites (tertiary alicyclic amines) is 1. The van der Waals surface area contributed by atoms with Gasteiger partial charge in [-0.3, -0.25) is 10.00 Å². The number of nitrogens with one attached hydrogen (secondary N) is 1. The Balaban J connectivity index is 1.52. The lowest BCUT2D eigenvalue weighted by Gasteiger charge is -2.15. The molecule has 0 radical (unpaired) electrons. The van der Waals surface area contributed by atoms with Crippen LogP contribution < -0.4 is 0 Å². The highest BCUT2D eigenvalue weighted by Crippen LogP contribution is 2.29. The smallest absolute Gasteiger partial charge is 0.337 e. The third kappa shape index (κ3) is 3.15. The largest absolute Gasteiger partial charge is 0.465 e. The molecule has 128 valence electrons. The van der Waals surface area contributed by atoms with Gasteiger partial charge in [0.2, 0.25) is 0 Å². The minimum absolute atomic E-state index is 0.320. The van der Waals surface area contributed by atoms with Gasteiger partial charge in [0, 0.05) is 18.5 Å². The Morgan fingerprint density at radius 2 is 2.12 bits per heavy atom. The predicted molar refractivity (Wildman–Crippen MR) is 96.5 cm³/mol. The van der Waals surface area contributed by atoms with Crippen LogP contribution in [0.4, 0.5) is 0 Å². The molecule has 0 bridgehead atoms. The summed E-state index contributed by atoms with van der Waals surface area (Å²) in [6, 6.07) is 16.2. The number of methoxy groups -OCH3 is 1.